The van der Waals surface area contributed by atoms with E-state index in [2.05, 4.69) is 17.1 Å². The summed E-state index contributed by atoms with van der Waals surface area (Å²) in [4.78, 5) is 4.45. The van der Waals surface area contributed by atoms with E-state index in [1.807, 2.05) is 36.4 Å². The van der Waals surface area contributed by atoms with Gasteiger partial charge in [-0.3, -0.25) is 0 Å². The number of hydrogen-bond acceptors (Lipinski definition) is 4. The van der Waals surface area contributed by atoms with Crippen molar-refractivity contribution >= 4 is 28.5 Å². The number of para-hydroxylation sites is 2. The minimum Gasteiger partial charge on any atom is -0.431 e. The molecule has 0 bridgehead atoms. The molecule has 0 saturated carbocycles. The van der Waals surface area contributed by atoms with Crippen LogP contribution in [0.1, 0.15) is 12.0 Å². The first-order valence-electron chi connectivity index (χ1n) is 6.64. The number of anilines is 1. The van der Waals surface area contributed by atoms with Crippen molar-refractivity contribution in [3.63, 3.8) is 0 Å². The molecule has 2 N–H and O–H groups in total. The maximum Gasteiger partial charge on any atom is 0.256 e. The molecular weight excluding hydrogens is 268 g/mol. The lowest BCUT2D eigenvalue weighted by Gasteiger charge is -2.00. The largest absolute Gasteiger partial charge is 0.431 e. The summed E-state index contributed by atoms with van der Waals surface area (Å²) in [5.41, 5.74) is 9.58. The van der Waals surface area contributed by atoms with Gasteiger partial charge in [0, 0.05) is 11.4 Å². The molecule has 0 aliphatic rings. The van der Waals surface area contributed by atoms with Gasteiger partial charge in [0.2, 0.25) is 0 Å². The predicted molar refractivity (Wildman–Crippen MR) is 83.9 cm³/mol. The summed E-state index contributed by atoms with van der Waals surface area (Å²) in [5, 5.41) is 0.753. The van der Waals surface area contributed by atoms with Gasteiger partial charge in [-0.05, 0) is 42.7 Å². The minimum atomic E-state index is 0.753. The van der Waals surface area contributed by atoms with E-state index in [1.165, 1.54) is 5.56 Å². The van der Waals surface area contributed by atoms with E-state index in [4.69, 9.17) is 10.2 Å². The van der Waals surface area contributed by atoms with Crippen LogP contribution in [0.15, 0.2) is 58.2 Å². The van der Waals surface area contributed by atoms with E-state index in [-0.39, 0.29) is 0 Å². The fourth-order valence-corrected chi connectivity index (χ4v) is 2.81. The first-order valence-corrected chi connectivity index (χ1v) is 7.62. The summed E-state index contributed by atoms with van der Waals surface area (Å²) in [5.74, 6) is 0.997. The Morgan fingerprint density at radius 2 is 1.85 bits per heavy atom. The van der Waals surface area contributed by atoms with Crippen molar-refractivity contribution in [3.05, 3.63) is 54.1 Å². The van der Waals surface area contributed by atoms with E-state index in [1.54, 1.807) is 11.8 Å². The zero-order chi connectivity index (χ0) is 13.8. The molecule has 2 aromatic carbocycles. The first kappa shape index (κ1) is 13.1. The molecular formula is C16H16N2OS. The molecule has 20 heavy (non-hydrogen) atoms. The molecule has 3 nitrogen and oxygen atoms in total. The van der Waals surface area contributed by atoms with Gasteiger partial charge in [-0.15, -0.1) is 0 Å². The number of hydrogen-bond donors (Lipinski definition) is 1. The van der Waals surface area contributed by atoms with Crippen molar-refractivity contribution in [2.45, 2.75) is 18.1 Å². The Labute approximate surface area is 122 Å². The van der Waals surface area contributed by atoms with Crippen molar-refractivity contribution in [1.29, 1.82) is 0 Å². The lowest BCUT2D eigenvalue weighted by molar-refractivity contribution is 0.489. The van der Waals surface area contributed by atoms with Crippen LogP contribution in [0.2, 0.25) is 0 Å². The van der Waals surface area contributed by atoms with Gasteiger partial charge in [0.1, 0.15) is 5.52 Å². The molecule has 0 atom stereocenters. The number of fused-ring (bicyclic) bond motifs is 1. The van der Waals surface area contributed by atoms with Gasteiger partial charge in [0.25, 0.3) is 5.22 Å². The van der Waals surface area contributed by atoms with Gasteiger partial charge in [0.05, 0.1) is 0 Å². The lowest BCUT2D eigenvalue weighted by atomic mass is 10.1. The number of benzene rings is 2. The number of oxazole rings is 1. The summed E-state index contributed by atoms with van der Waals surface area (Å²) in [6.45, 7) is 0. The van der Waals surface area contributed by atoms with Crippen LogP contribution >= 0.6 is 11.8 Å². The number of aryl methyl sites for hydroxylation is 1. The molecule has 0 amide bonds. The third-order valence-corrected chi connectivity index (χ3v) is 4.00. The number of rotatable bonds is 5. The summed E-state index contributed by atoms with van der Waals surface area (Å²) < 4.78 is 5.67. The highest BCUT2D eigenvalue weighted by Crippen LogP contribution is 2.24. The minimum absolute atomic E-state index is 0.753. The van der Waals surface area contributed by atoms with E-state index in [0.29, 0.717) is 0 Å². The highest BCUT2D eigenvalue weighted by atomic mass is 32.2. The number of nitrogens with zero attached hydrogens (tertiary/aromatic N) is 1. The molecule has 0 unspecified atom stereocenters. The molecule has 1 aromatic heterocycles. The van der Waals surface area contributed by atoms with Crippen LogP contribution in [-0.4, -0.2) is 10.7 Å². The molecule has 102 valence electrons. The third kappa shape index (κ3) is 3.14. The Bertz CT molecular complexity index is 658. The SMILES string of the molecule is Nc1ccc(CCCSc2nc3ccccc3o2)cc1. The Morgan fingerprint density at radius 1 is 1.05 bits per heavy atom. The van der Waals surface area contributed by atoms with Crippen LogP contribution < -0.4 is 5.73 Å². The molecule has 4 heteroatoms. The second-order valence-electron chi connectivity index (χ2n) is 4.64. The van der Waals surface area contributed by atoms with Gasteiger partial charge >= 0.3 is 0 Å². The second-order valence-corrected chi connectivity index (χ2v) is 5.69. The van der Waals surface area contributed by atoms with E-state index < -0.39 is 0 Å². The van der Waals surface area contributed by atoms with Crippen LogP contribution in [-0.2, 0) is 6.42 Å². The third-order valence-electron chi connectivity index (χ3n) is 3.09. The second kappa shape index (κ2) is 6.01. The molecule has 0 aliphatic heterocycles. The maximum absolute atomic E-state index is 5.67. The van der Waals surface area contributed by atoms with Crippen molar-refractivity contribution in [2.24, 2.45) is 0 Å². The molecule has 0 radical (unpaired) electrons. The van der Waals surface area contributed by atoms with E-state index >= 15 is 0 Å². The van der Waals surface area contributed by atoms with Gasteiger partial charge in [-0.25, -0.2) is 4.98 Å². The lowest BCUT2D eigenvalue weighted by Crippen LogP contribution is -1.89. The number of nitrogens with two attached hydrogens (primary N) is 1. The average Bonchev–Trinajstić information content (AvgIpc) is 2.88. The van der Waals surface area contributed by atoms with Crippen LogP contribution in [0.5, 0.6) is 0 Å². The summed E-state index contributed by atoms with van der Waals surface area (Å²) in [6, 6.07) is 15.9. The molecule has 0 spiro atoms. The van der Waals surface area contributed by atoms with Gasteiger partial charge in [-0.2, -0.15) is 0 Å². The van der Waals surface area contributed by atoms with Crippen LogP contribution in [0.4, 0.5) is 5.69 Å². The van der Waals surface area contributed by atoms with Gasteiger partial charge < -0.3 is 10.2 Å². The Balaban J connectivity index is 1.51. The van der Waals surface area contributed by atoms with E-state index in [0.717, 1.165) is 40.6 Å². The van der Waals surface area contributed by atoms with Crippen LogP contribution in [0, 0.1) is 0 Å². The van der Waals surface area contributed by atoms with Crippen molar-refractivity contribution in [1.82, 2.24) is 4.98 Å². The van der Waals surface area contributed by atoms with Gasteiger partial charge in [0.15, 0.2) is 5.58 Å². The fourth-order valence-electron chi connectivity index (χ4n) is 2.03. The quantitative estimate of drug-likeness (QED) is 0.435. The number of nitrogen functional groups attached to an aromatic ring is 1. The Kier molecular flexibility index (Phi) is 3.92. The standard InChI is InChI=1S/C16H16N2OS/c17-13-9-7-12(8-10-13)4-3-11-20-16-18-14-5-1-2-6-15(14)19-16/h1-2,5-10H,3-4,11,17H2. The van der Waals surface area contributed by atoms with Crippen LogP contribution in [0.3, 0.4) is 0 Å². The molecule has 0 aliphatic carbocycles. The molecule has 0 saturated heterocycles. The Hall–Kier alpha value is -1.94. The van der Waals surface area contributed by atoms with Crippen LogP contribution in [0.25, 0.3) is 11.1 Å². The number of thioether (sulfide) groups is 1. The average molecular weight is 284 g/mol. The highest BCUT2D eigenvalue weighted by Gasteiger charge is 2.05. The molecule has 0 fully saturated rings. The monoisotopic (exact) mass is 284 g/mol. The van der Waals surface area contributed by atoms with Crippen molar-refractivity contribution < 1.29 is 4.42 Å². The smallest absolute Gasteiger partial charge is 0.256 e. The first-order chi connectivity index (χ1) is 9.81. The summed E-state index contributed by atoms with van der Waals surface area (Å²) >= 11 is 1.67. The Morgan fingerprint density at radius 3 is 2.65 bits per heavy atom. The molecule has 3 aromatic rings. The maximum atomic E-state index is 5.67. The van der Waals surface area contributed by atoms with Crippen molar-refractivity contribution in [3.8, 4) is 0 Å². The zero-order valence-corrected chi connectivity index (χ0v) is 11.9. The molecule has 1 heterocycles. The zero-order valence-electron chi connectivity index (χ0n) is 11.1. The summed E-state index contributed by atoms with van der Waals surface area (Å²) in [6.07, 6.45) is 2.14. The fraction of sp³-hybridized carbons (Fsp3) is 0.188. The van der Waals surface area contributed by atoms with Gasteiger partial charge in [-0.1, -0.05) is 36.0 Å². The topological polar surface area (TPSA) is 52.0 Å². The normalized spacial score (nSPS) is 11.0. The molecule has 3 rings (SSSR count). The van der Waals surface area contributed by atoms with Crippen molar-refractivity contribution in [2.75, 3.05) is 11.5 Å². The summed E-state index contributed by atoms with van der Waals surface area (Å²) in [7, 11) is 0. The van der Waals surface area contributed by atoms with E-state index in [9.17, 15) is 0 Å². The highest BCUT2D eigenvalue weighted by molar-refractivity contribution is 7.99. The predicted octanol–water partition coefficient (Wildman–Crippen LogP) is 4.13. The number of aromatic nitrogens is 1.